The summed E-state index contributed by atoms with van der Waals surface area (Å²) >= 11 is 0. The summed E-state index contributed by atoms with van der Waals surface area (Å²) in [6.07, 6.45) is 0.351. The van der Waals surface area contributed by atoms with Gasteiger partial charge in [-0.2, -0.15) is 10.5 Å². The smallest absolute Gasteiger partial charge is 0.255 e. The molecule has 0 radical (unpaired) electrons. The van der Waals surface area contributed by atoms with Crippen molar-refractivity contribution in [1.29, 1.82) is 10.5 Å². The molecule has 2 rings (SSSR count). The first kappa shape index (κ1) is 13.3. The van der Waals surface area contributed by atoms with Gasteiger partial charge in [-0.1, -0.05) is 12.1 Å². The summed E-state index contributed by atoms with van der Waals surface area (Å²) in [5, 5.41) is 20.0. The van der Waals surface area contributed by atoms with Gasteiger partial charge in [0.25, 0.3) is 5.91 Å². The molecule has 1 amide bonds. The predicted molar refractivity (Wildman–Crippen MR) is 74.9 cm³/mol. The van der Waals surface area contributed by atoms with E-state index in [0.717, 1.165) is 5.56 Å². The first-order valence-electron chi connectivity index (χ1n) is 6.00. The van der Waals surface area contributed by atoms with Gasteiger partial charge in [-0.15, -0.1) is 0 Å². The minimum absolute atomic E-state index is 0.234. The zero-order valence-electron chi connectivity index (χ0n) is 10.6. The molecule has 0 aromatic heterocycles. The summed E-state index contributed by atoms with van der Waals surface area (Å²) in [4.78, 5) is 12.0. The Kier molecular flexibility index (Phi) is 4.11. The zero-order chi connectivity index (χ0) is 14.4. The molecule has 0 bridgehead atoms. The maximum atomic E-state index is 12.0. The molecule has 0 fully saturated rings. The monoisotopic (exact) mass is 261 g/mol. The zero-order valence-corrected chi connectivity index (χ0v) is 10.6. The van der Waals surface area contributed by atoms with Crippen molar-refractivity contribution in [2.24, 2.45) is 0 Å². The molecule has 96 valence electrons. The van der Waals surface area contributed by atoms with Gasteiger partial charge in [0, 0.05) is 11.3 Å². The lowest BCUT2D eigenvalue weighted by atomic mass is 10.1. The maximum Gasteiger partial charge on any atom is 0.255 e. The Morgan fingerprint density at radius 3 is 2.20 bits per heavy atom. The van der Waals surface area contributed by atoms with Crippen molar-refractivity contribution in [1.82, 2.24) is 0 Å². The number of nitrogens with one attached hydrogen (secondary N) is 1. The fourth-order valence-electron chi connectivity index (χ4n) is 1.70. The molecule has 2 aromatic carbocycles. The number of amides is 1. The van der Waals surface area contributed by atoms with Crippen molar-refractivity contribution in [3.63, 3.8) is 0 Å². The van der Waals surface area contributed by atoms with E-state index in [-0.39, 0.29) is 5.91 Å². The van der Waals surface area contributed by atoms with Gasteiger partial charge in [0.2, 0.25) is 0 Å². The van der Waals surface area contributed by atoms with Crippen LogP contribution in [0.1, 0.15) is 21.5 Å². The standard InChI is InChI=1S/C16H11N3O/c17-10-9-12-3-7-15(8-4-12)19-16(20)14-5-1-13(11-18)2-6-14/h1-8H,9H2,(H,19,20). The van der Waals surface area contributed by atoms with Gasteiger partial charge >= 0.3 is 0 Å². The van der Waals surface area contributed by atoms with Gasteiger partial charge in [0.05, 0.1) is 24.1 Å². The van der Waals surface area contributed by atoms with Gasteiger partial charge in [-0.25, -0.2) is 0 Å². The molecule has 0 aliphatic heterocycles. The highest BCUT2D eigenvalue weighted by molar-refractivity contribution is 6.04. The number of carbonyl (C=O) groups is 1. The minimum Gasteiger partial charge on any atom is -0.322 e. The quantitative estimate of drug-likeness (QED) is 0.922. The van der Waals surface area contributed by atoms with Crippen LogP contribution in [0.4, 0.5) is 5.69 Å². The lowest BCUT2D eigenvalue weighted by Gasteiger charge is -2.05. The van der Waals surface area contributed by atoms with Crippen LogP contribution < -0.4 is 5.32 Å². The van der Waals surface area contributed by atoms with Crippen LogP contribution in [0.3, 0.4) is 0 Å². The second-order valence-corrected chi connectivity index (χ2v) is 4.18. The van der Waals surface area contributed by atoms with Crippen molar-refractivity contribution in [3.05, 3.63) is 65.2 Å². The maximum absolute atomic E-state index is 12.0. The number of hydrogen-bond acceptors (Lipinski definition) is 3. The summed E-state index contributed by atoms with van der Waals surface area (Å²) in [7, 11) is 0. The topological polar surface area (TPSA) is 76.7 Å². The third-order valence-corrected chi connectivity index (χ3v) is 2.77. The van der Waals surface area contributed by atoms with Gasteiger partial charge in [0.15, 0.2) is 0 Å². The first-order chi connectivity index (χ1) is 9.72. The molecule has 0 aliphatic carbocycles. The van der Waals surface area contributed by atoms with Crippen LogP contribution in [0.15, 0.2) is 48.5 Å². The Morgan fingerprint density at radius 1 is 1.00 bits per heavy atom. The van der Waals surface area contributed by atoms with E-state index in [9.17, 15) is 4.79 Å². The second kappa shape index (κ2) is 6.17. The largest absolute Gasteiger partial charge is 0.322 e. The Bertz CT molecular complexity index is 688. The molecule has 0 spiro atoms. The van der Waals surface area contributed by atoms with E-state index < -0.39 is 0 Å². The molecule has 0 heterocycles. The van der Waals surface area contributed by atoms with Gasteiger partial charge in [-0.3, -0.25) is 4.79 Å². The van der Waals surface area contributed by atoms with E-state index in [0.29, 0.717) is 23.2 Å². The molecule has 0 unspecified atom stereocenters. The highest BCUT2D eigenvalue weighted by atomic mass is 16.1. The van der Waals surface area contributed by atoms with E-state index in [1.807, 2.05) is 6.07 Å². The van der Waals surface area contributed by atoms with Crippen LogP contribution in [-0.2, 0) is 6.42 Å². The molecule has 20 heavy (non-hydrogen) atoms. The number of nitriles is 2. The Morgan fingerprint density at radius 2 is 1.65 bits per heavy atom. The van der Waals surface area contributed by atoms with Crippen LogP contribution in [0.2, 0.25) is 0 Å². The highest BCUT2D eigenvalue weighted by Gasteiger charge is 2.05. The molecule has 0 saturated carbocycles. The number of anilines is 1. The Balaban J connectivity index is 2.07. The molecule has 1 N–H and O–H groups in total. The van der Waals surface area contributed by atoms with Gasteiger partial charge in [-0.05, 0) is 42.0 Å². The molecule has 0 aliphatic rings. The highest BCUT2D eigenvalue weighted by Crippen LogP contribution is 2.12. The third kappa shape index (κ3) is 3.22. The molecule has 2 aromatic rings. The molecule has 4 nitrogen and oxygen atoms in total. The Labute approximate surface area is 116 Å². The average molecular weight is 261 g/mol. The fraction of sp³-hybridized carbons (Fsp3) is 0.0625. The normalized spacial score (nSPS) is 9.30. The summed E-state index contributed by atoms with van der Waals surface area (Å²) in [6, 6.07) is 17.6. The third-order valence-electron chi connectivity index (χ3n) is 2.77. The van der Waals surface area contributed by atoms with Crippen molar-refractivity contribution >= 4 is 11.6 Å². The summed E-state index contributed by atoms with van der Waals surface area (Å²) in [6.45, 7) is 0. The van der Waals surface area contributed by atoms with E-state index in [2.05, 4.69) is 11.4 Å². The average Bonchev–Trinajstić information content (AvgIpc) is 2.49. The van der Waals surface area contributed by atoms with E-state index >= 15 is 0 Å². The van der Waals surface area contributed by atoms with Gasteiger partial charge in [0.1, 0.15) is 0 Å². The summed E-state index contributed by atoms with van der Waals surface area (Å²) < 4.78 is 0. The Hall–Kier alpha value is -3.11. The number of benzene rings is 2. The number of carbonyl (C=O) groups excluding carboxylic acids is 1. The van der Waals surface area contributed by atoms with E-state index in [1.54, 1.807) is 48.5 Å². The molecule has 4 heteroatoms. The molecule has 0 saturated heterocycles. The van der Waals surface area contributed by atoms with Crippen molar-refractivity contribution in [2.75, 3.05) is 5.32 Å². The summed E-state index contributed by atoms with van der Waals surface area (Å²) in [5.74, 6) is -0.234. The molecule has 0 atom stereocenters. The van der Waals surface area contributed by atoms with Crippen LogP contribution >= 0.6 is 0 Å². The van der Waals surface area contributed by atoms with Gasteiger partial charge < -0.3 is 5.32 Å². The van der Waals surface area contributed by atoms with Crippen LogP contribution in [0, 0.1) is 22.7 Å². The number of rotatable bonds is 3. The van der Waals surface area contributed by atoms with Crippen molar-refractivity contribution in [3.8, 4) is 12.1 Å². The second-order valence-electron chi connectivity index (χ2n) is 4.18. The van der Waals surface area contributed by atoms with Crippen LogP contribution in [0.5, 0.6) is 0 Å². The lowest BCUT2D eigenvalue weighted by Crippen LogP contribution is -2.11. The number of nitrogens with zero attached hydrogens (tertiary/aromatic N) is 2. The minimum atomic E-state index is -0.234. The SMILES string of the molecule is N#CCc1ccc(NC(=O)c2ccc(C#N)cc2)cc1. The van der Waals surface area contributed by atoms with Crippen LogP contribution in [-0.4, -0.2) is 5.91 Å². The molecular formula is C16H11N3O. The van der Waals surface area contributed by atoms with Crippen molar-refractivity contribution < 1.29 is 4.79 Å². The molecular weight excluding hydrogens is 250 g/mol. The lowest BCUT2D eigenvalue weighted by molar-refractivity contribution is 0.102. The predicted octanol–water partition coefficient (Wildman–Crippen LogP) is 2.88. The number of hydrogen-bond donors (Lipinski definition) is 1. The fourth-order valence-corrected chi connectivity index (χ4v) is 1.70. The van der Waals surface area contributed by atoms with Crippen LogP contribution in [0.25, 0.3) is 0 Å². The van der Waals surface area contributed by atoms with E-state index in [4.69, 9.17) is 10.5 Å². The first-order valence-corrected chi connectivity index (χ1v) is 6.00. The van der Waals surface area contributed by atoms with E-state index in [1.165, 1.54) is 0 Å². The van der Waals surface area contributed by atoms with Crippen molar-refractivity contribution in [2.45, 2.75) is 6.42 Å². The summed E-state index contributed by atoms with van der Waals surface area (Å²) in [5.41, 5.74) is 2.58.